The van der Waals surface area contributed by atoms with E-state index >= 15 is 0 Å². The zero-order chi connectivity index (χ0) is 40.7. The molecular weight excluding hydrogens is 759 g/mol. The van der Waals surface area contributed by atoms with Gasteiger partial charge in [-0.2, -0.15) is 0 Å². The van der Waals surface area contributed by atoms with Crippen LogP contribution in [-0.2, 0) is 0 Å². The predicted octanol–water partition coefficient (Wildman–Crippen LogP) is 15.5. The summed E-state index contributed by atoms with van der Waals surface area (Å²) in [6.45, 7) is 0. The quantitative estimate of drug-likeness (QED) is 0.162. The van der Waals surface area contributed by atoms with E-state index in [1.54, 1.807) is 0 Å². The van der Waals surface area contributed by atoms with Crippen molar-refractivity contribution < 1.29 is 8.83 Å². The molecule has 0 atom stereocenters. The molecule has 5 heteroatoms. The highest BCUT2D eigenvalue weighted by atomic mass is 16.3. The molecule has 0 radical (unpaired) electrons. The van der Waals surface area contributed by atoms with Gasteiger partial charge in [0.15, 0.2) is 17.5 Å². The highest BCUT2D eigenvalue weighted by Gasteiger charge is 2.20. The molecule has 0 spiro atoms. The summed E-state index contributed by atoms with van der Waals surface area (Å²) in [7, 11) is 0. The lowest BCUT2D eigenvalue weighted by atomic mass is 9.92. The fourth-order valence-electron chi connectivity index (χ4n) is 9.36. The lowest BCUT2D eigenvalue weighted by Gasteiger charge is -2.12. The summed E-state index contributed by atoms with van der Waals surface area (Å²) in [5.74, 6) is 1.78. The number of rotatable bonds is 5. The second-order valence-corrected chi connectivity index (χ2v) is 15.9. The third kappa shape index (κ3) is 5.45. The number of furan rings is 2. The molecule has 3 heterocycles. The largest absolute Gasteiger partial charge is 0.456 e. The average molecular weight is 792 g/mol. The Morgan fingerprint density at radius 3 is 1.35 bits per heavy atom. The Balaban J connectivity index is 0.969. The van der Waals surface area contributed by atoms with Crippen LogP contribution < -0.4 is 0 Å². The zero-order valence-electron chi connectivity index (χ0n) is 33.2. The molecular formula is C57H33N3O2. The molecule has 62 heavy (non-hydrogen) atoms. The van der Waals surface area contributed by atoms with Crippen molar-refractivity contribution in [2.24, 2.45) is 0 Å². The van der Waals surface area contributed by atoms with Crippen LogP contribution in [0.5, 0.6) is 0 Å². The van der Waals surface area contributed by atoms with Gasteiger partial charge in [-0.25, -0.2) is 15.0 Å². The van der Waals surface area contributed by atoms with E-state index in [0.717, 1.165) is 82.8 Å². The van der Waals surface area contributed by atoms with E-state index < -0.39 is 0 Å². The van der Waals surface area contributed by atoms with Gasteiger partial charge >= 0.3 is 0 Å². The summed E-state index contributed by atoms with van der Waals surface area (Å²) in [4.78, 5) is 15.1. The molecule has 0 saturated heterocycles. The fourth-order valence-corrected chi connectivity index (χ4v) is 9.36. The maximum absolute atomic E-state index is 6.62. The van der Waals surface area contributed by atoms with E-state index in [1.165, 1.54) is 32.3 Å². The monoisotopic (exact) mass is 791 g/mol. The van der Waals surface area contributed by atoms with Gasteiger partial charge in [0.2, 0.25) is 0 Å². The van der Waals surface area contributed by atoms with Crippen LogP contribution in [0.1, 0.15) is 0 Å². The van der Waals surface area contributed by atoms with E-state index in [0.29, 0.717) is 17.5 Å². The smallest absolute Gasteiger partial charge is 0.164 e. The number of aromatic nitrogens is 3. The van der Waals surface area contributed by atoms with Crippen LogP contribution in [0.3, 0.4) is 0 Å². The molecule has 0 aliphatic carbocycles. The van der Waals surface area contributed by atoms with Crippen LogP contribution in [-0.4, -0.2) is 15.0 Å². The Hall–Kier alpha value is -8.41. The molecule has 0 aliphatic rings. The maximum Gasteiger partial charge on any atom is 0.164 e. The van der Waals surface area contributed by atoms with Gasteiger partial charge in [-0.1, -0.05) is 152 Å². The van der Waals surface area contributed by atoms with E-state index in [9.17, 15) is 0 Å². The summed E-state index contributed by atoms with van der Waals surface area (Å²) in [5, 5.41) is 11.8. The standard InChI is InChI=1S/C57H33N3O2/c1-3-13-34(14-4-1)55-58-56(35-15-5-2-6-16-35)60-57(59-55)39-31-47(54-46-21-11-12-22-50(46)62-53(54)33-39)38-25-28-51-49(30-38)45-27-24-37(32-52(45)61-51)36-23-26-44-42-19-8-7-17-40(42)41-18-9-10-20-43(41)48(44)29-36/h1-33H. The van der Waals surface area contributed by atoms with Gasteiger partial charge < -0.3 is 8.83 Å². The molecule has 0 aliphatic heterocycles. The number of hydrogen-bond acceptors (Lipinski definition) is 5. The number of nitrogens with zero attached hydrogens (tertiary/aromatic N) is 3. The van der Waals surface area contributed by atoms with Crippen molar-refractivity contribution in [1.82, 2.24) is 15.0 Å². The molecule has 0 unspecified atom stereocenters. The highest BCUT2D eigenvalue weighted by Crippen LogP contribution is 2.43. The van der Waals surface area contributed by atoms with Gasteiger partial charge in [-0.15, -0.1) is 0 Å². The van der Waals surface area contributed by atoms with Crippen LogP contribution in [0.2, 0.25) is 0 Å². The van der Waals surface area contributed by atoms with Crippen molar-refractivity contribution in [2.75, 3.05) is 0 Å². The summed E-state index contributed by atoms with van der Waals surface area (Å²) in [6, 6.07) is 69.9. The van der Waals surface area contributed by atoms with Crippen LogP contribution in [0.15, 0.2) is 209 Å². The summed E-state index contributed by atoms with van der Waals surface area (Å²) >= 11 is 0. The first kappa shape index (κ1) is 34.5. The Labute approximate surface area is 355 Å². The predicted molar refractivity (Wildman–Crippen MR) is 254 cm³/mol. The molecule has 13 aromatic rings. The maximum atomic E-state index is 6.62. The van der Waals surface area contributed by atoms with Crippen LogP contribution in [0.4, 0.5) is 0 Å². The minimum absolute atomic E-state index is 0.568. The third-order valence-electron chi connectivity index (χ3n) is 12.3. The van der Waals surface area contributed by atoms with Crippen molar-refractivity contribution in [3.63, 3.8) is 0 Å². The molecule has 0 saturated carbocycles. The average Bonchev–Trinajstić information content (AvgIpc) is 3.92. The molecule has 5 nitrogen and oxygen atoms in total. The summed E-state index contributed by atoms with van der Waals surface area (Å²) in [5.41, 5.74) is 10.3. The van der Waals surface area contributed by atoms with Crippen LogP contribution in [0, 0.1) is 0 Å². The second kappa shape index (κ2) is 13.6. The van der Waals surface area contributed by atoms with Gasteiger partial charge in [-0.3, -0.25) is 0 Å². The van der Waals surface area contributed by atoms with Crippen molar-refractivity contribution in [1.29, 1.82) is 0 Å². The number of hydrogen-bond donors (Lipinski definition) is 0. The number of para-hydroxylation sites is 1. The van der Waals surface area contributed by atoms with E-state index in [2.05, 4.69) is 127 Å². The third-order valence-corrected chi connectivity index (χ3v) is 12.3. The molecule has 288 valence electrons. The van der Waals surface area contributed by atoms with Gasteiger partial charge in [0, 0.05) is 38.2 Å². The molecule has 0 amide bonds. The van der Waals surface area contributed by atoms with E-state index in [1.807, 2.05) is 72.8 Å². The Morgan fingerprint density at radius 2 is 0.694 bits per heavy atom. The highest BCUT2D eigenvalue weighted by molar-refractivity contribution is 6.26. The molecule has 0 fully saturated rings. The minimum Gasteiger partial charge on any atom is -0.456 e. The minimum atomic E-state index is 0.568. The number of benzene rings is 10. The molecule has 13 rings (SSSR count). The molecule has 10 aromatic carbocycles. The second-order valence-electron chi connectivity index (χ2n) is 15.9. The first-order valence-corrected chi connectivity index (χ1v) is 20.8. The van der Waals surface area contributed by atoms with Crippen molar-refractivity contribution in [2.45, 2.75) is 0 Å². The van der Waals surface area contributed by atoms with Gasteiger partial charge in [0.05, 0.1) is 0 Å². The van der Waals surface area contributed by atoms with Gasteiger partial charge in [0.1, 0.15) is 22.3 Å². The molecule has 3 aromatic heterocycles. The molecule has 0 N–H and O–H groups in total. The van der Waals surface area contributed by atoms with Gasteiger partial charge in [-0.05, 0) is 103 Å². The topological polar surface area (TPSA) is 65.0 Å². The lowest BCUT2D eigenvalue weighted by molar-refractivity contribution is 0.669. The fraction of sp³-hybridized carbons (Fsp3) is 0. The Kier molecular flexibility index (Phi) is 7.54. The first-order chi connectivity index (χ1) is 30.7. The van der Waals surface area contributed by atoms with E-state index in [4.69, 9.17) is 23.8 Å². The van der Waals surface area contributed by atoms with Crippen molar-refractivity contribution >= 4 is 76.2 Å². The van der Waals surface area contributed by atoms with Crippen molar-refractivity contribution in [3.8, 4) is 56.4 Å². The zero-order valence-corrected chi connectivity index (χ0v) is 33.2. The SMILES string of the molecule is c1ccc(-c2nc(-c3ccccc3)nc(-c3cc(-c4ccc5oc6cc(-c7ccc8c9ccccc9c9ccccc9c8c7)ccc6c5c4)c4c(c3)oc3ccccc34)n2)cc1. The van der Waals surface area contributed by atoms with Crippen LogP contribution in [0.25, 0.3) is 133 Å². The van der Waals surface area contributed by atoms with Gasteiger partial charge in [0.25, 0.3) is 0 Å². The van der Waals surface area contributed by atoms with E-state index in [-0.39, 0.29) is 0 Å². The van der Waals surface area contributed by atoms with Crippen molar-refractivity contribution in [3.05, 3.63) is 200 Å². The van der Waals surface area contributed by atoms with Crippen LogP contribution >= 0.6 is 0 Å². The first-order valence-electron chi connectivity index (χ1n) is 20.8. The Morgan fingerprint density at radius 1 is 0.242 bits per heavy atom. The molecule has 0 bridgehead atoms. The normalized spacial score (nSPS) is 11.9. The summed E-state index contributed by atoms with van der Waals surface area (Å²) < 4.78 is 13.2. The Bertz CT molecular complexity index is 3830. The summed E-state index contributed by atoms with van der Waals surface area (Å²) in [6.07, 6.45) is 0. The number of fused-ring (bicyclic) bond motifs is 12. The lowest BCUT2D eigenvalue weighted by Crippen LogP contribution is -2.00.